The molecule has 14 heavy (non-hydrogen) atoms. The fourth-order valence-electron chi connectivity index (χ4n) is 1.34. The van der Waals surface area contributed by atoms with Gasteiger partial charge in [0.15, 0.2) is 0 Å². The number of hydrogen-bond donors (Lipinski definition) is 0. The van der Waals surface area contributed by atoms with Crippen molar-refractivity contribution >= 4 is 4.42 Å². The summed E-state index contributed by atoms with van der Waals surface area (Å²) < 4.78 is 1.14. The van der Waals surface area contributed by atoms with Crippen molar-refractivity contribution in [1.82, 2.24) is 0 Å². The maximum absolute atomic E-state index is 3.61. The van der Waals surface area contributed by atoms with Crippen LogP contribution in [0.5, 0.6) is 0 Å². The molecule has 0 amide bonds. The monoisotopic (exact) mass is 221 g/mol. The van der Waals surface area contributed by atoms with Gasteiger partial charge in [-0.1, -0.05) is 0 Å². The summed E-state index contributed by atoms with van der Waals surface area (Å²) >= 11 is 3.61. The van der Waals surface area contributed by atoms with Crippen molar-refractivity contribution in [3.05, 3.63) is 71.8 Å². The first-order chi connectivity index (χ1) is 6.88. The molecule has 2 aromatic rings. The van der Waals surface area contributed by atoms with Gasteiger partial charge in [0.1, 0.15) is 0 Å². The molecule has 0 N–H and O–H groups in total. The van der Waals surface area contributed by atoms with Crippen LogP contribution in [0.3, 0.4) is 0 Å². The van der Waals surface area contributed by atoms with Crippen molar-refractivity contribution in [3.8, 4) is 0 Å². The predicted molar refractivity (Wildman–Crippen MR) is 56.1 cm³/mol. The molecule has 0 aliphatic carbocycles. The molecule has 0 aliphatic rings. The van der Waals surface area contributed by atoms with Crippen LogP contribution in [-0.4, -0.2) is 4.42 Å². The molecule has 0 bridgehead atoms. The van der Waals surface area contributed by atoms with Crippen LogP contribution in [0.2, 0.25) is 0 Å². The molecule has 69 valence electrons. The van der Waals surface area contributed by atoms with Crippen molar-refractivity contribution in [1.29, 1.82) is 0 Å². The maximum atomic E-state index is 3.61. The molecule has 0 radical (unpaired) electrons. The van der Waals surface area contributed by atoms with Gasteiger partial charge in [-0.2, -0.15) is 0 Å². The summed E-state index contributed by atoms with van der Waals surface area (Å²) in [5.74, 6) is 0. The Morgan fingerprint density at radius 2 is 1.00 bits per heavy atom. The van der Waals surface area contributed by atoms with Gasteiger partial charge in [-0.05, 0) is 0 Å². The molecule has 0 spiro atoms. The third kappa shape index (κ3) is 2.01. The van der Waals surface area contributed by atoms with Crippen LogP contribution in [0.4, 0.5) is 0 Å². The van der Waals surface area contributed by atoms with Gasteiger partial charge in [-0.3, -0.25) is 0 Å². The Bertz CT molecular complexity index is 376. The van der Waals surface area contributed by atoms with Crippen molar-refractivity contribution < 1.29 is 15.6 Å². The average Bonchev–Trinajstić information content (AvgIpc) is 2.30. The van der Waals surface area contributed by atoms with Crippen molar-refractivity contribution in [3.63, 3.8) is 0 Å². The molecule has 0 aromatic heterocycles. The van der Waals surface area contributed by atoms with E-state index in [-0.39, 0.29) is 0 Å². The Labute approximate surface area is 92.0 Å². The fourth-order valence-corrected chi connectivity index (χ4v) is 1.73. The first-order valence-electron chi connectivity index (χ1n) is 4.51. The molecule has 2 rings (SSSR count). The molecule has 0 atom stereocenters. The van der Waals surface area contributed by atoms with Crippen molar-refractivity contribution in [2.45, 2.75) is 0 Å². The Morgan fingerprint density at radius 1 is 0.643 bits per heavy atom. The summed E-state index contributed by atoms with van der Waals surface area (Å²) in [7, 11) is 0. The standard InChI is InChI=1S/C13H10.Mn/c1-3-7-12(8-4-1)11-13-9-5-2-6-10-13;/h1-10H;. The zero-order valence-corrected chi connectivity index (χ0v) is 8.83. The summed E-state index contributed by atoms with van der Waals surface area (Å²) in [6, 6.07) is 20.6. The molecule has 0 nitrogen and oxygen atoms in total. The van der Waals surface area contributed by atoms with Crippen LogP contribution in [0.1, 0.15) is 11.1 Å². The summed E-state index contributed by atoms with van der Waals surface area (Å²) in [6.45, 7) is 0. The Balaban J connectivity index is 2.35. The van der Waals surface area contributed by atoms with Gasteiger partial charge in [-0.15, -0.1) is 0 Å². The molecule has 0 fully saturated rings. The van der Waals surface area contributed by atoms with Crippen LogP contribution >= 0.6 is 0 Å². The van der Waals surface area contributed by atoms with E-state index >= 15 is 0 Å². The zero-order valence-electron chi connectivity index (χ0n) is 7.65. The van der Waals surface area contributed by atoms with Gasteiger partial charge < -0.3 is 0 Å². The van der Waals surface area contributed by atoms with E-state index in [1.807, 2.05) is 36.4 Å². The molecule has 0 heterocycles. The molecule has 0 unspecified atom stereocenters. The van der Waals surface area contributed by atoms with E-state index in [0.717, 1.165) is 4.42 Å². The quantitative estimate of drug-likeness (QED) is 0.684. The fraction of sp³-hybridized carbons (Fsp3) is 0. The summed E-state index contributed by atoms with van der Waals surface area (Å²) in [4.78, 5) is 0. The van der Waals surface area contributed by atoms with Crippen LogP contribution in [0, 0.1) is 0 Å². The summed E-state index contributed by atoms with van der Waals surface area (Å²) in [5, 5.41) is 0. The molecular formula is C13H10Mn. The number of hydrogen-bond acceptors (Lipinski definition) is 0. The van der Waals surface area contributed by atoms with Gasteiger partial charge >= 0.3 is 91.8 Å². The summed E-state index contributed by atoms with van der Waals surface area (Å²) in [5.41, 5.74) is 2.41. The van der Waals surface area contributed by atoms with Crippen LogP contribution in [0.15, 0.2) is 60.7 Å². The van der Waals surface area contributed by atoms with E-state index in [1.165, 1.54) is 11.1 Å². The second kappa shape index (κ2) is 4.36. The molecule has 2 aromatic carbocycles. The summed E-state index contributed by atoms with van der Waals surface area (Å²) in [6.07, 6.45) is 0. The minimum atomic E-state index is 1.14. The molecular weight excluding hydrogens is 211 g/mol. The second-order valence-corrected chi connectivity index (χ2v) is 3.64. The Hall–Kier alpha value is -1.17. The molecule has 0 saturated carbocycles. The third-order valence-electron chi connectivity index (χ3n) is 2.05. The van der Waals surface area contributed by atoms with Gasteiger partial charge in [-0.25, -0.2) is 0 Å². The van der Waals surface area contributed by atoms with E-state index in [9.17, 15) is 0 Å². The first-order valence-corrected chi connectivity index (χ1v) is 5.10. The first kappa shape index (κ1) is 9.39. The molecule has 0 aliphatic heterocycles. The SMILES string of the molecule is [Mn]=[C](c1ccccc1)c1ccccc1. The van der Waals surface area contributed by atoms with Crippen LogP contribution in [-0.2, 0) is 15.6 Å². The van der Waals surface area contributed by atoms with E-state index in [1.54, 1.807) is 0 Å². The number of benzene rings is 2. The van der Waals surface area contributed by atoms with Gasteiger partial charge in [0.2, 0.25) is 0 Å². The van der Waals surface area contributed by atoms with Crippen LogP contribution in [0.25, 0.3) is 0 Å². The van der Waals surface area contributed by atoms with Crippen molar-refractivity contribution in [2.75, 3.05) is 0 Å². The molecule has 1 heteroatoms. The van der Waals surface area contributed by atoms with Gasteiger partial charge in [0.25, 0.3) is 0 Å². The van der Waals surface area contributed by atoms with E-state index < -0.39 is 0 Å². The normalized spacial score (nSPS) is 9.71. The average molecular weight is 221 g/mol. The van der Waals surface area contributed by atoms with E-state index in [0.29, 0.717) is 0 Å². The van der Waals surface area contributed by atoms with Crippen LogP contribution < -0.4 is 0 Å². The molecule has 0 saturated heterocycles. The Kier molecular flexibility index (Phi) is 2.93. The van der Waals surface area contributed by atoms with E-state index in [2.05, 4.69) is 39.8 Å². The zero-order chi connectivity index (χ0) is 9.80. The van der Waals surface area contributed by atoms with Crippen molar-refractivity contribution in [2.24, 2.45) is 0 Å². The third-order valence-corrected chi connectivity index (χ3v) is 2.74. The van der Waals surface area contributed by atoms with Gasteiger partial charge in [0.05, 0.1) is 0 Å². The van der Waals surface area contributed by atoms with E-state index in [4.69, 9.17) is 0 Å². The predicted octanol–water partition coefficient (Wildman–Crippen LogP) is 2.80. The second-order valence-electron chi connectivity index (χ2n) is 3.05. The minimum absolute atomic E-state index is 1.14. The topological polar surface area (TPSA) is 0 Å². The van der Waals surface area contributed by atoms with Gasteiger partial charge in [0, 0.05) is 0 Å². The Morgan fingerprint density at radius 3 is 1.36 bits per heavy atom. The number of rotatable bonds is 2.